The van der Waals surface area contributed by atoms with Crippen molar-refractivity contribution in [3.05, 3.63) is 68.0 Å². The number of phenols is 2. The number of hydrogen-bond acceptors (Lipinski definition) is 7. The second-order valence-corrected chi connectivity index (χ2v) is 4.25. The summed E-state index contributed by atoms with van der Waals surface area (Å²) in [5.74, 6) is -1.91. The van der Waals surface area contributed by atoms with Crippen LogP contribution in [0.15, 0.2) is 36.4 Å². The lowest BCUT2D eigenvalue weighted by atomic mass is 10.1. The van der Waals surface area contributed by atoms with Crippen molar-refractivity contribution in [2.24, 2.45) is 5.73 Å². The highest BCUT2D eigenvalue weighted by Gasteiger charge is 2.16. The first-order valence-electron chi connectivity index (χ1n) is 6.94. The van der Waals surface area contributed by atoms with Crippen LogP contribution in [0.3, 0.4) is 0 Å². The van der Waals surface area contributed by atoms with Gasteiger partial charge in [-0.25, -0.2) is 0 Å². The maximum Gasteiger partial charge on any atom is 0.308 e. The molecule has 0 aromatic heterocycles. The van der Waals surface area contributed by atoms with Crippen molar-refractivity contribution in [3.8, 4) is 11.5 Å². The van der Waals surface area contributed by atoms with E-state index in [2.05, 4.69) is 5.73 Å². The quantitative estimate of drug-likeness (QED) is 0.535. The molecule has 0 amide bonds. The Morgan fingerprint density at radius 1 is 0.962 bits per heavy atom. The summed E-state index contributed by atoms with van der Waals surface area (Å²) >= 11 is 0. The summed E-state index contributed by atoms with van der Waals surface area (Å²) in [6.45, 7) is 1.77. The van der Waals surface area contributed by atoms with Crippen LogP contribution in [-0.2, 0) is 6.42 Å². The Morgan fingerprint density at radius 2 is 1.38 bits per heavy atom. The third-order valence-electron chi connectivity index (χ3n) is 2.83. The van der Waals surface area contributed by atoms with Crippen LogP contribution in [0.5, 0.6) is 11.5 Å². The molecule has 0 radical (unpaired) electrons. The van der Waals surface area contributed by atoms with Crippen LogP contribution in [0.1, 0.15) is 12.5 Å². The minimum Gasteiger partial charge on any atom is -0.507 e. The molecule has 9 nitrogen and oxygen atoms in total. The van der Waals surface area contributed by atoms with Gasteiger partial charge in [-0.3, -0.25) is 20.2 Å². The van der Waals surface area contributed by atoms with E-state index in [0.29, 0.717) is 12.0 Å². The Labute approximate surface area is 154 Å². The Kier molecular flexibility index (Phi) is 12.0. The summed E-state index contributed by atoms with van der Waals surface area (Å²) in [6, 6.07) is 7.53. The fourth-order valence-electron chi connectivity index (χ4n) is 1.75. The fourth-order valence-corrected chi connectivity index (χ4v) is 1.75. The van der Waals surface area contributed by atoms with E-state index in [0.717, 1.165) is 12.1 Å². The first-order chi connectivity index (χ1) is 11.8. The molecule has 0 spiro atoms. The minimum absolute atomic E-state index is 0. The van der Waals surface area contributed by atoms with Crippen molar-refractivity contribution < 1.29 is 24.5 Å². The number of rotatable bonds is 3. The predicted octanol–water partition coefficient (Wildman–Crippen LogP) is 3.30. The van der Waals surface area contributed by atoms with Crippen LogP contribution in [0.25, 0.3) is 0 Å². The number of nitro groups is 2. The van der Waals surface area contributed by atoms with E-state index in [1.807, 2.05) is 0 Å². The molecule has 26 heavy (non-hydrogen) atoms. The summed E-state index contributed by atoms with van der Waals surface area (Å²) in [6.07, 6.45) is 0.461. The molecule has 0 aliphatic heterocycles. The Balaban J connectivity index is 0. The van der Waals surface area contributed by atoms with Gasteiger partial charge in [0.05, 0.1) is 15.4 Å². The molecule has 0 fully saturated rings. The number of aromatic hydroxyl groups is 2. The lowest BCUT2D eigenvalue weighted by molar-refractivity contribution is -0.387. The molecule has 2 aromatic carbocycles. The van der Waals surface area contributed by atoms with E-state index in [-0.39, 0.29) is 23.8 Å². The van der Waals surface area contributed by atoms with Crippen LogP contribution in [0.4, 0.5) is 15.8 Å². The maximum absolute atomic E-state index is 12.6. The summed E-state index contributed by atoms with van der Waals surface area (Å²) in [5, 5.41) is 38.4. The van der Waals surface area contributed by atoms with Gasteiger partial charge in [0.25, 0.3) is 5.69 Å². The van der Waals surface area contributed by atoms with Crippen molar-refractivity contribution in [2.45, 2.75) is 13.3 Å². The highest BCUT2D eigenvalue weighted by molar-refractivity contribution is 5.85. The normalized spacial score (nSPS) is 8.77. The Hall–Kier alpha value is -2.98. The summed E-state index contributed by atoms with van der Waals surface area (Å²) in [4.78, 5) is 19.1. The first-order valence-corrected chi connectivity index (χ1v) is 6.94. The van der Waals surface area contributed by atoms with Crippen molar-refractivity contribution in [1.29, 1.82) is 0 Å². The second-order valence-electron chi connectivity index (χ2n) is 4.25. The first kappa shape index (κ1) is 25.3. The number of hydrogen-bond donors (Lipinski definition) is 3. The van der Waals surface area contributed by atoms with E-state index in [9.17, 15) is 29.7 Å². The largest absolute Gasteiger partial charge is 0.507 e. The van der Waals surface area contributed by atoms with E-state index in [1.165, 1.54) is 31.3 Å². The average molecular weight is 392 g/mol. The Morgan fingerprint density at radius 3 is 1.73 bits per heavy atom. The molecule has 2 aromatic rings. The van der Waals surface area contributed by atoms with Gasteiger partial charge in [0, 0.05) is 12.1 Å². The molecule has 0 saturated carbocycles. The topological polar surface area (TPSA) is 153 Å². The van der Waals surface area contributed by atoms with Crippen LogP contribution in [0, 0.1) is 26.0 Å². The molecule has 0 heterocycles. The van der Waals surface area contributed by atoms with Gasteiger partial charge in [-0.2, -0.15) is 4.39 Å². The van der Waals surface area contributed by atoms with Gasteiger partial charge in [0.2, 0.25) is 5.82 Å². The summed E-state index contributed by atoms with van der Waals surface area (Å²) in [5.41, 5.74) is 4.16. The lowest BCUT2D eigenvalue weighted by Crippen LogP contribution is -1.93. The highest BCUT2D eigenvalue weighted by Crippen LogP contribution is 2.27. The third kappa shape index (κ3) is 6.87. The van der Waals surface area contributed by atoms with E-state index in [4.69, 9.17) is 5.11 Å². The molecular formula is C15H19ClFN3O6. The third-order valence-corrected chi connectivity index (χ3v) is 2.83. The van der Waals surface area contributed by atoms with Crippen molar-refractivity contribution >= 4 is 23.8 Å². The Bertz CT molecular complexity index is 745. The van der Waals surface area contributed by atoms with Crippen molar-refractivity contribution in [1.82, 2.24) is 0 Å². The number of nitrogens with zero attached hydrogens (tertiary/aromatic N) is 2. The zero-order chi connectivity index (χ0) is 19.6. The van der Waals surface area contributed by atoms with Crippen LogP contribution in [-0.4, -0.2) is 27.1 Å². The summed E-state index contributed by atoms with van der Waals surface area (Å²) in [7, 11) is 1.50. The number of halogens is 2. The van der Waals surface area contributed by atoms with Gasteiger partial charge in [-0.1, -0.05) is 19.1 Å². The second kappa shape index (κ2) is 12.4. The molecule has 2 rings (SSSR count). The lowest BCUT2D eigenvalue weighted by Gasteiger charge is -2.00. The predicted molar refractivity (Wildman–Crippen MR) is 96.2 cm³/mol. The highest BCUT2D eigenvalue weighted by atomic mass is 35.5. The van der Waals surface area contributed by atoms with Crippen LogP contribution in [0.2, 0.25) is 0 Å². The van der Waals surface area contributed by atoms with Gasteiger partial charge < -0.3 is 15.9 Å². The number of benzene rings is 2. The molecule has 0 bridgehead atoms. The van der Waals surface area contributed by atoms with Gasteiger partial charge >= 0.3 is 5.69 Å². The summed E-state index contributed by atoms with van der Waals surface area (Å²) < 4.78 is 12.6. The smallest absolute Gasteiger partial charge is 0.308 e. The van der Waals surface area contributed by atoms with E-state index < -0.39 is 27.1 Å². The fraction of sp³-hybridized carbons (Fsp3) is 0.200. The van der Waals surface area contributed by atoms with Gasteiger partial charge in [-0.05, 0) is 25.6 Å². The standard InChI is InChI=1S/C8H9NO3.C6H4FNO3.CH5N.ClH/c1-2-6-7(9(11)12)4-3-5-8(6)10;7-6-4(8(10)11)2-1-3-5(6)9;1-2;/h3-5,10H,2H2,1H3;1-3,9H;2H2,1H3;1H. The van der Waals surface area contributed by atoms with Gasteiger partial charge in [-0.15, -0.1) is 12.4 Å². The maximum atomic E-state index is 12.6. The number of nitro benzene ring substituents is 2. The number of phenolic OH excluding ortho intramolecular Hbond substituents is 2. The monoisotopic (exact) mass is 391 g/mol. The SMILES string of the molecule is CCc1c(O)cccc1[N+](=O)[O-].CN.Cl.O=[N+]([O-])c1cccc(O)c1F. The van der Waals surface area contributed by atoms with E-state index in [1.54, 1.807) is 6.92 Å². The molecule has 144 valence electrons. The van der Waals surface area contributed by atoms with Crippen LogP contribution < -0.4 is 5.73 Å². The zero-order valence-electron chi connectivity index (χ0n) is 14.0. The molecule has 0 atom stereocenters. The van der Waals surface area contributed by atoms with Crippen molar-refractivity contribution in [3.63, 3.8) is 0 Å². The number of nitrogens with two attached hydrogens (primary N) is 1. The van der Waals surface area contributed by atoms with Crippen molar-refractivity contribution in [2.75, 3.05) is 7.05 Å². The van der Waals surface area contributed by atoms with Crippen LogP contribution >= 0.6 is 12.4 Å². The minimum atomic E-state index is -1.20. The zero-order valence-corrected chi connectivity index (χ0v) is 14.8. The molecule has 11 heteroatoms. The molecule has 0 aliphatic rings. The van der Waals surface area contributed by atoms with E-state index >= 15 is 0 Å². The molecule has 0 aliphatic carbocycles. The molecule has 0 saturated heterocycles. The molecule has 0 unspecified atom stereocenters. The average Bonchev–Trinajstić information content (AvgIpc) is 2.59. The molecular weight excluding hydrogens is 373 g/mol. The van der Waals surface area contributed by atoms with Gasteiger partial charge in [0.15, 0.2) is 5.75 Å². The van der Waals surface area contributed by atoms with Gasteiger partial charge in [0.1, 0.15) is 5.75 Å². The molecule has 4 N–H and O–H groups in total.